The van der Waals surface area contributed by atoms with E-state index in [4.69, 9.17) is 0 Å². The number of aromatic nitrogens is 3. The van der Waals surface area contributed by atoms with Gasteiger partial charge in [0.15, 0.2) is 11.0 Å². The molecule has 0 aliphatic rings. The van der Waals surface area contributed by atoms with Crippen LogP contribution in [0, 0.1) is 0 Å². The quantitative estimate of drug-likeness (QED) is 0.660. The molecule has 0 aliphatic carbocycles. The number of carbonyl (C=O) groups excluding carboxylic acids is 1. The van der Waals surface area contributed by atoms with Gasteiger partial charge in [-0.2, -0.15) is 0 Å². The molecular formula is C17H18N4OS2. The van der Waals surface area contributed by atoms with Crippen molar-refractivity contribution in [3.63, 3.8) is 0 Å². The summed E-state index contributed by atoms with van der Waals surface area (Å²) < 4.78 is 2.05. The van der Waals surface area contributed by atoms with Crippen LogP contribution < -0.4 is 5.32 Å². The van der Waals surface area contributed by atoms with Gasteiger partial charge in [-0.3, -0.25) is 4.79 Å². The summed E-state index contributed by atoms with van der Waals surface area (Å²) in [5, 5.41) is 14.2. The Balaban J connectivity index is 1.67. The number of rotatable bonds is 7. The molecule has 0 unspecified atom stereocenters. The van der Waals surface area contributed by atoms with Crippen LogP contribution in [0.25, 0.3) is 0 Å². The van der Waals surface area contributed by atoms with Crippen LogP contribution in [0.1, 0.15) is 16.3 Å². The second-order valence-electron chi connectivity index (χ2n) is 5.21. The number of benzene rings is 1. The number of hydrogen-bond donors (Lipinski definition) is 1. The maximum absolute atomic E-state index is 12.1. The van der Waals surface area contributed by atoms with Crippen molar-refractivity contribution in [3.05, 3.63) is 64.1 Å². The minimum absolute atomic E-state index is 0.00240. The van der Waals surface area contributed by atoms with E-state index >= 15 is 0 Å². The van der Waals surface area contributed by atoms with Gasteiger partial charge in [-0.25, -0.2) is 0 Å². The number of thiophene rings is 1. The fraction of sp³-hybridized carbons (Fsp3) is 0.235. The lowest BCUT2D eigenvalue weighted by atomic mass is 10.2. The largest absolute Gasteiger partial charge is 0.348 e. The molecule has 3 aromatic rings. The Hall–Kier alpha value is -2.12. The molecule has 3 rings (SSSR count). The van der Waals surface area contributed by atoms with Crippen LogP contribution in [-0.2, 0) is 24.3 Å². The lowest BCUT2D eigenvalue weighted by molar-refractivity contribution is -0.120. The molecule has 2 heterocycles. The van der Waals surface area contributed by atoms with E-state index in [1.165, 1.54) is 5.56 Å². The molecule has 124 valence electrons. The molecule has 24 heavy (non-hydrogen) atoms. The minimum atomic E-state index is -0.00240. The van der Waals surface area contributed by atoms with Crippen LogP contribution in [0.15, 0.2) is 53.0 Å². The maximum Gasteiger partial charge on any atom is 0.225 e. The Morgan fingerprint density at radius 1 is 1.21 bits per heavy atom. The van der Waals surface area contributed by atoms with Crippen LogP contribution in [-0.4, -0.2) is 26.9 Å². The van der Waals surface area contributed by atoms with Gasteiger partial charge in [-0.1, -0.05) is 48.2 Å². The molecule has 7 heteroatoms. The minimum Gasteiger partial charge on any atom is -0.348 e. The fourth-order valence-electron chi connectivity index (χ4n) is 2.34. The summed E-state index contributed by atoms with van der Waals surface area (Å²) in [7, 11) is 0. The molecule has 0 fully saturated rings. The molecule has 0 saturated heterocycles. The van der Waals surface area contributed by atoms with E-state index < -0.39 is 0 Å². The monoisotopic (exact) mass is 358 g/mol. The highest BCUT2D eigenvalue weighted by Gasteiger charge is 2.13. The lowest BCUT2D eigenvalue weighted by Gasteiger charge is -2.10. The van der Waals surface area contributed by atoms with Gasteiger partial charge < -0.3 is 9.88 Å². The summed E-state index contributed by atoms with van der Waals surface area (Å²) in [6.07, 6.45) is 2.38. The Morgan fingerprint density at radius 3 is 2.75 bits per heavy atom. The maximum atomic E-state index is 12.1. The molecule has 2 aromatic heterocycles. The third kappa shape index (κ3) is 4.24. The van der Waals surface area contributed by atoms with E-state index in [0.29, 0.717) is 19.5 Å². The molecular weight excluding hydrogens is 340 g/mol. The highest BCUT2D eigenvalue weighted by atomic mass is 32.2. The van der Waals surface area contributed by atoms with Crippen molar-refractivity contribution in [2.24, 2.45) is 0 Å². The van der Waals surface area contributed by atoms with Gasteiger partial charge in [0.1, 0.15) is 0 Å². The standard InChI is InChI=1S/C17H18N4OS2/c1-23-17-20-19-15(21(17)12-13-6-3-2-4-7-13)11-18-16(22)10-14-8-5-9-24-14/h2-9H,10-12H2,1H3,(H,18,22). The van der Waals surface area contributed by atoms with Crippen LogP contribution >= 0.6 is 23.1 Å². The number of nitrogens with zero attached hydrogens (tertiary/aromatic N) is 3. The number of amides is 1. The molecule has 1 N–H and O–H groups in total. The number of hydrogen-bond acceptors (Lipinski definition) is 5. The van der Waals surface area contributed by atoms with Crippen LogP contribution in [0.5, 0.6) is 0 Å². The fourth-order valence-corrected chi connectivity index (χ4v) is 3.55. The third-order valence-corrected chi connectivity index (χ3v) is 5.06. The first-order valence-electron chi connectivity index (χ1n) is 7.55. The molecule has 0 spiro atoms. The van der Waals surface area contributed by atoms with Crippen molar-refractivity contribution in [2.45, 2.75) is 24.7 Å². The van der Waals surface area contributed by atoms with Crippen molar-refractivity contribution in [2.75, 3.05) is 6.26 Å². The number of thioether (sulfide) groups is 1. The SMILES string of the molecule is CSc1nnc(CNC(=O)Cc2cccs2)n1Cc1ccccc1. The van der Waals surface area contributed by atoms with Gasteiger partial charge >= 0.3 is 0 Å². The van der Waals surface area contributed by atoms with Crippen molar-refractivity contribution >= 4 is 29.0 Å². The van der Waals surface area contributed by atoms with Gasteiger partial charge in [0.25, 0.3) is 0 Å². The summed E-state index contributed by atoms with van der Waals surface area (Å²) in [6, 6.07) is 14.1. The number of nitrogens with one attached hydrogen (secondary N) is 1. The molecule has 1 aromatic carbocycles. The van der Waals surface area contributed by atoms with Crippen molar-refractivity contribution in [3.8, 4) is 0 Å². The molecule has 0 saturated carbocycles. The highest BCUT2D eigenvalue weighted by Crippen LogP contribution is 2.16. The third-order valence-electron chi connectivity index (χ3n) is 3.52. The van der Waals surface area contributed by atoms with Crippen LogP contribution in [0.3, 0.4) is 0 Å². The van der Waals surface area contributed by atoms with Gasteiger partial charge in [-0.05, 0) is 23.3 Å². The molecule has 5 nitrogen and oxygen atoms in total. The molecule has 0 radical (unpaired) electrons. The van der Waals surface area contributed by atoms with E-state index in [1.54, 1.807) is 23.1 Å². The Bertz CT molecular complexity index is 784. The summed E-state index contributed by atoms with van der Waals surface area (Å²) in [4.78, 5) is 13.1. The smallest absolute Gasteiger partial charge is 0.225 e. The van der Waals surface area contributed by atoms with E-state index in [0.717, 1.165) is 15.9 Å². The first-order valence-corrected chi connectivity index (χ1v) is 9.66. The molecule has 0 atom stereocenters. The lowest BCUT2D eigenvalue weighted by Crippen LogP contribution is -2.26. The summed E-state index contributed by atoms with van der Waals surface area (Å²) in [5.41, 5.74) is 1.18. The molecule has 0 bridgehead atoms. The molecule has 1 amide bonds. The first-order chi connectivity index (χ1) is 11.8. The van der Waals surface area contributed by atoms with E-state index in [9.17, 15) is 4.79 Å². The van der Waals surface area contributed by atoms with Crippen LogP contribution in [0.2, 0.25) is 0 Å². The second-order valence-corrected chi connectivity index (χ2v) is 7.01. The van der Waals surface area contributed by atoms with Gasteiger partial charge in [-0.15, -0.1) is 21.5 Å². The summed E-state index contributed by atoms with van der Waals surface area (Å²) >= 11 is 3.14. The van der Waals surface area contributed by atoms with Gasteiger partial charge in [0, 0.05) is 4.88 Å². The predicted octanol–water partition coefficient (Wildman–Crippen LogP) is 2.97. The topological polar surface area (TPSA) is 59.8 Å². The summed E-state index contributed by atoms with van der Waals surface area (Å²) in [5.74, 6) is 0.764. The van der Waals surface area contributed by atoms with E-state index in [2.05, 4.69) is 27.6 Å². The first kappa shape index (κ1) is 16.7. The highest BCUT2D eigenvalue weighted by molar-refractivity contribution is 7.98. The zero-order valence-electron chi connectivity index (χ0n) is 13.3. The van der Waals surface area contributed by atoms with Gasteiger partial charge in [0.05, 0.1) is 19.5 Å². The molecule has 0 aliphatic heterocycles. The average Bonchev–Trinajstić information content (AvgIpc) is 3.24. The van der Waals surface area contributed by atoms with Crippen molar-refractivity contribution < 1.29 is 4.79 Å². The van der Waals surface area contributed by atoms with Crippen molar-refractivity contribution in [1.82, 2.24) is 20.1 Å². The van der Waals surface area contributed by atoms with E-state index in [-0.39, 0.29) is 5.91 Å². The zero-order valence-corrected chi connectivity index (χ0v) is 14.9. The Labute approximate surface area is 149 Å². The van der Waals surface area contributed by atoms with Crippen LogP contribution in [0.4, 0.5) is 0 Å². The Kier molecular flexibility index (Phi) is 5.66. The second kappa shape index (κ2) is 8.12. The van der Waals surface area contributed by atoms with Crippen molar-refractivity contribution in [1.29, 1.82) is 0 Å². The Morgan fingerprint density at radius 2 is 2.04 bits per heavy atom. The number of carbonyl (C=O) groups is 1. The van der Waals surface area contributed by atoms with E-state index in [1.807, 2.05) is 46.5 Å². The summed E-state index contributed by atoms with van der Waals surface area (Å²) in [6.45, 7) is 1.07. The predicted molar refractivity (Wildman–Crippen MR) is 97.2 cm³/mol. The zero-order chi connectivity index (χ0) is 16.8. The normalized spacial score (nSPS) is 10.7. The van der Waals surface area contributed by atoms with Gasteiger partial charge in [0.2, 0.25) is 5.91 Å². The average molecular weight is 358 g/mol.